The molecule has 2 aromatic rings. The van der Waals surface area contributed by atoms with Crippen molar-refractivity contribution in [3.63, 3.8) is 0 Å². The van der Waals surface area contributed by atoms with Crippen LogP contribution in [0.3, 0.4) is 0 Å². The molecule has 192 valence electrons. The van der Waals surface area contributed by atoms with Gasteiger partial charge in [0.05, 0.1) is 36.6 Å². The van der Waals surface area contributed by atoms with Gasteiger partial charge in [-0.3, -0.25) is 9.69 Å². The van der Waals surface area contributed by atoms with Gasteiger partial charge in [0.15, 0.2) is 10.8 Å². The van der Waals surface area contributed by atoms with E-state index in [9.17, 15) is 14.0 Å². The van der Waals surface area contributed by atoms with Gasteiger partial charge >= 0.3 is 11.9 Å². The second-order valence-electron chi connectivity index (χ2n) is 8.28. The molecule has 9 nitrogen and oxygen atoms in total. The highest BCUT2D eigenvalue weighted by atomic mass is 79.9. The first-order chi connectivity index (χ1) is 17.4. The summed E-state index contributed by atoms with van der Waals surface area (Å²) in [4.78, 5) is 35.5. The predicted octanol–water partition coefficient (Wildman–Crippen LogP) is 3.52. The maximum Gasteiger partial charge on any atom is 0.338 e. The predicted molar refractivity (Wildman–Crippen MR) is 135 cm³/mol. The van der Waals surface area contributed by atoms with Gasteiger partial charge in [-0.25, -0.2) is 19.2 Å². The van der Waals surface area contributed by atoms with E-state index in [2.05, 4.69) is 31.1 Å². The number of carboxylic acid groups (broad SMARTS) is 1. The fourth-order valence-corrected chi connectivity index (χ4v) is 5.35. The molecule has 3 heterocycles. The fourth-order valence-electron chi connectivity index (χ4n) is 4.18. The summed E-state index contributed by atoms with van der Waals surface area (Å²) >= 11 is 4.85. The van der Waals surface area contributed by atoms with Gasteiger partial charge in [0.2, 0.25) is 0 Å². The zero-order chi connectivity index (χ0) is 25.7. The monoisotopic (exact) mass is 580 g/mol. The summed E-state index contributed by atoms with van der Waals surface area (Å²) in [6, 6.07) is 3.65. The molecule has 2 aliphatic rings. The molecule has 0 aliphatic carbocycles. The molecule has 0 spiro atoms. The number of nitrogens with zero attached hydrogens (tertiary/aromatic N) is 3. The van der Waals surface area contributed by atoms with Gasteiger partial charge in [-0.1, -0.05) is 22.0 Å². The summed E-state index contributed by atoms with van der Waals surface area (Å²) in [6.45, 7) is 3.80. The van der Waals surface area contributed by atoms with Crippen LogP contribution < -0.4 is 5.32 Å². The third kappa shape index (κ3) is 6.36. The summed E-state index contributed by atoms with van der Waals surface area (Å²) in [5.74, 6) is -1.28. The van der Waals surface area contributed by atoms with Crippen LogP contribution in [0.25, 0.3) is 0 Å². The van der Waals surface area contributed by atoms with Gasteiger partial charge in [0, 0.05) is 42.1 Å². The Morgan fingerprint density at radius 2 is 2.25 bits per heavy atom. The van der Waals surface area contributed by atoms with Gasteiger partial charge in [-0.2, -0.15) is 0 Å². The summed E-state index contributed by atoms with van der Waals surface area (Å²) in [7, 11) is 0. The molecule has 2 unspecified atom stereocenters. The molecule has 2 atom stereocenters. The minimum Gasteiger partial charge on any atom is -0.481 e. The molecule has 12 heteroatoms. The molecule has 1 saturated heterocycles. The first kappa shape index (κ1) is 26.4. The number of carboxylic acids is 1. The maximum absolute atomic E-state index is 13.9. The van der Waals surface area contributed by atoms with Gasteiger partial charge < -0.3 is 19.9 Å². The number of morpholine rings is 1. The molecule has 4 rings (SSSR count). The van der Waals surface area contributed by atoms with E-state index in [0.717, 1.165) is 0 Å². The number of amidine groups is 1. The number of carbonyl (C=O) groups is 2. The standard InChI is InChI=1S/C24H26BrFN4O5S/c1-2-34-24(33)20-18(13-30-8-9-35-15(12-30)4-6-19(31)32)28-22(23-27-7-10-36-23)29-21(20)16-5-3-14(26)11-17(16)25/h3,5,7,10-11,15,21H,2,4,6,8-9,12-13H2,1H3,(H,28,29)(H,31,32). The van der Waals surface area contributed by atoms with Crippen molar-refractivity contribution in [3.8, 4) is 0 Å². The van der Waals surface area contributed by atoms with Crippen molar-refractivity contribution in [2.75, 3.05) is 32.8 Å². The highest BCUT2D eigenvalue weighted by Gasteiger charge is 2.35. The van der Waals surface area contributed by atoms with E-state index in [1.54, 1.807) is 19.2 Å². The van der Waals surface area contributed by atoms with E-state index in [4.69, 9.17) is 19.6 Å². The SMILES string of the molecule is CCOC(=O)C1=C(CN2CCOC(CCC(=O)O)C2)N=C(c2nccs2)NC1c1ccc(F)cc1Br. The van der Waals surface area contributed by atoms with Crippen LogP contribution in [0.4, 0.5) is 4.39 Å². The number of aromatic nitrogens is 1. The second kappa shape index (κ2) is 12.0. The van der Waals surface area contributed by atoms with Crippen molar-refractivity contribution < 1.29 is 28.6 Å². The van der Waals surface area contributed by atoms with Crippen molar-refractivity contribution in [2.45, 2.75) is 31.9 Å². The van der Waals surface area contributed by atoms with Crippen LogP contribution in [0.5, 0.6) is 0 Å². The van der Waals surface area contributed by atoms with E-state index >= 15 is 0 Å². The number of aliphatic imine (C=N–C) groups is 1. The van der Waals surface area contributed by atoms with E-state index < -0.39 is 23.8 Å². The molecule has 1 aromatic heterocycles. The molecule has 2 aliphatic heterocycles. The molecule has 0 saturated carbocycles. The number of nitrogens with one attached hydrogen (secondary N) is 1. The fraction of sp³-hybridized carbons (Fsp3) is 0.417. The third-order valence-corrected chi connectivity index (χ3v) is 7.27. The topological polar surface area (TPSA) is 113 Å². The van der Waals surface area contributed by atoms with E-state index in [1.807, 2.05) is 5.38 Å². The Labute approximate surface area is 220 Å². The number of rotatable bonds is 9. The van der Waals surface area contributed by atoms with Crippen LogP contribution in [-0.2, 0) is 19.1 Å². The second-order valence-corrected chi connectivity index (χ2v) is 10.0. The summed E-state index contributed by atoms with van der Waals surface area (Å²) in [5.41, 5.74) is 1.50. The molecule has 0 amide bonds. The zero-order valence-corrected chi connectivity index (χ0v) is 22.0. The van der Waals surface area contributed by atoms with Gasteiger partial charge in [-0.05, 0) is 31.0 Å². The molecular weight excluding hydrogens is 555 g/mol. The molecule has 0 radical (unpaired) electrons. The normalized spacial score (nSPS) is 20.6. The lowest BCUT2D eigenvalue weighted by molar-refractivity contribution is -0.139. The van der Waals surface area contributed by atoms with Crippen LogP contribution >= 0.6 is 27.3 Å². The smallest absolute Gasteiger partial charge is 0.338 e. The number of hydrogen-bond donors (Lipinski definition) is 2. The van der Waals surface area contributed by atoms with Gasteiger partial charge in [0.1, 0.15) is 5.82 Å². The largest absolute Gasteiger partial charge is 0.481 e. The number of carbonyl (C=O) groups excluding carboxylic acids is 1. The number of thiazole rings is 1. The summed E-state index contributed by atoms with van der Waals surface area (Å²) < 4.78 is 25.5. The van der Waals surface area contributed by atoms with Crippen LogP contribution in [0.15, 0.2) is 50.5 Å². The molecule has 0 bridgehead atoms. The average molecular weight is 581 g/mol. The number of aliphatic carboxylic acids is 1. The maximum atomic E-state index is 13.9. The van der Waals surface area contributed by atoms with Crippen molar-refractivity contribution >= 4 is 45.0 Å². The number of halogens is 2. The lowest BCUT2D eigenvalue weighted by atomic mass is 9.94. The molecule has 1 aromatic carbocycles. The zero-order valence-electron chi connectivity index (χ0n) is 19.6. The quantitative estimate of drug-likeness (QED) is 0.433. The minimum absolute atomic E-state index is 0.0201. The Balaban J connectivity index is 1.73. The van der Waals surface area contributed by atoms with Crippen LogP contribution in [-0.4, -0.2) is 71.7 Å². The Kier molecular flexibility index (Phi) is 8.83. The van der Waals surface area contributed by atoms with Crippen LogP contribution in [0.2, 0.25) is 0 Å². The Morgan fingerprint density at radius 1 is 1.42 bits per heavy atom. The Bertz CT molecular complexity index is 1170. The number of ether oxygens (including phenoxy) is 2. The lowest BCUT2D eigenvalue weighted by Gasteiger charge is -2.35. The first-order valence-electron chi connectivity index (χ1n) is 11.5. The van der Waals surface area contributed by atoms with E-state index in [0.29, 0.717) is 64.8 Å². The minimum atomic E-state index is -0.869. The third-order valence-electron chi connectivity index (χ3n) is 5.81. The van der Waals surface area contributed by atoms with Gasteiger partial charge in [-0.15, -0.1) is 11.3 Å². The number of hydrogen-bond acceptors (Lipinski definition) is 9. The Hall–Kier alpha value is -2.67. The highest BCUT2D eigenvalue weighted by molar-refractivity contribution is 9.10. The Morgan fingerprint density at radius 3 is 2.94 bits per heavy atom. The summed E-state index contributed by atoms with van der Waals surface area (Å²) in [6.07, 6.45) is 1.86. The first-order valence-corrected chi connectivity index (χ1v) is 13.2. The van der Waals surface area contributed by atoms with Crippen LogP contribution in [0.1, 0.15) is 36.4 Å². The molecular formula is C24H26BrFN4O5S. The number of esters is 1. The lowest BCUT2D eigenvalue weighted by Crippen LogP contribution is -2.45. The summed E-state index contributed by atoms with van der Waals surface area (Å²) in [5, 5.41) is 14.8. The highest BCUT2D eigenvalue weighted by Crippen LogP contribution is 2.35. The van der Waals surface area contributed by atoms with Crippen molar-refractivity contribution in [1.82, 2.24) is 15.2 Å². The molecule has 1 fully saturated rings. The van der Waals surface area contributed by atoms with Crippen LogP contribution in [0, 0.1) is 5.82 Å². The van der Waals surface area contributed by atoms with Crippen molar-refractivity contribution in [3.05, 3.63) is 61.9 Å². The van der Waals surface area contributed by atoms with Gasteiger partial charge in [0.25, 0.3) is 0 Å². The van der Waals surface area contributed by atoms with E-state index in [-0.39, 0.29) is 19.1 Å². The number of benzene rings is 1. The molecule has 36 heavy (non-hydrogen) atoms. The van der Waals surface area contributed by atoms with Crippen molar-refractivity contribution in [2.24, 2.45) is 4.99 Å². The average Bonchev–Trinajstić information content (AvgIpc) is 3.38. The molecule has 2 N–H and O–H groups in total. The van der Waals surface area contributed by atoms with Crippen molar-refractivity contribution in [1.29, 1.82) is 0 Å². The van der Waals surface area contributed by atoms with E-state index in [1.165, 1.54) is 23.5 Å².